The Morgan fingerprint density at radius 2 is 1.71 bits per heavy atom. The van der Waals surface area contributed by atoms with Crippen LogP contribution in [-0.2, 0) is 14.8 Å². The first-order valence-corrected chi connectivity index (χ1v) is 13.3. The fourth-order valence-corrected chi connectivity index (χ4v) is 6.36. The molecule has 1 aliphatic heterocycles. The summed E-state index contributed by atoms with van der Waals surface area (Å²) in [4.78, 5) is 27.9. The Hall–Kier alpha value is -2.34. The zero-order chi connectivity index (χ0) is 24.5. The van der Waals surface area contributed by atoms with Crippen molar-refractivity contribution in [2.45, 2.75) is 48.8 Å². The lowest BCUT2D eigenvalue weighted by atomic mass is 9.92. The molecule has 11 heteroatoms. The average molecular weight is 553 g/mol. The quantitative estimate of drug-likeness (QED) is 0.591. The molecule has 0 spiro atoms. The maximum absolute atomic E-state index is 13.4. The molecule has 1 unspecified atom stereocenters. The second-order valence-electron chi connectivity index (χ2n) is 8.57. The zero-order valence-electron chi connectivity index (χ0n) is 18.4. The van der Waals surface area contributed by atoms with Gasteiger partial charge in [-0.25, -0.2) is 12.8 Å². The molecule has 0 aromatic heterocycles. The van der Waals surface area contributed by atoms with Crippen LogP contribution >= 0.6 is 15.9 Å². The van der Waals surface area contributed by atoms with Crippen molar-refractivity contribution in [1.29, 1.82) is 0 Å². The summed E-state index contributed by atoms with van der Waals surface area (Å²) in [5.41, 5.74) is 6.29. The van der Waals surface area contributed by atoms with E-state index in [1.807, 2.05) is 0 Å². The lowest BCUT2D eigenvalue weighted by Crippen LogP contribution is -2.56. The first-order chi connectivity index (χ1) is 16.2. The van der Waals surface area contributed by atoms with Gasteiger partial charge in [0.15, 0.2) is 6.17 Å². The fourth-order valence-electron chi connectivity index (χ4n) is 4.41. The Balaban J connectivity index is 1.65. The van der Waals surface area contributed by atoms with Crippen molar-refractivity contribution in [3.8, 4) is 0 Å². The number of nitrogens with zero attached hydrogens (tertiary/aromatic N) is 2. The molecule has 3 N–H and O–H groups in total. The third-order valence-electron chi connectivity index (χ3n) is 6.23. The van der Waals surface area contributed by atoms with E-state index >= 15 is 0 Å². The highest BCUT2D eigenvalue weighted by molar-refractivity contribution is 9.10. The number of nitrogens with one attached hydrogen (secondary N) is 1. The zero-order valence-corrected chi connectivity index (χ0v) is 20.8. The Kier molecular flexibility index (Phi) is 7.36. The Bertz CT molecular complexity index is 1170. The van der Waals surface area contributed by atoms with Crippen LogP contribution in [0.5, 0.6) is 0 Å². The number of hydrogen-bond acceptors (Lipinski definition) is 5. The maximum Gasteiger partial charge on any atom is 0.259 e. The van der Waals surface area contributed by atoms with Gasteiger partial charge in [0, 0.05) is 35.2 Å². The van der Waals surface area contributed by atoms with Crippen LogP contribution in [0.4, 0.5) is 4.39 Å². The van der Waals surface area contributed by atoms with Crippen molar-refractivity contribution in [3.63, 3.8) is 0 Å². The smallest absolute Gasteiger partial charge is 0.259 e. The van der Waals surface area contributed by atoms with Gasteiger partial charge >= 0.3 is 0 Å². The van der Waals surface area contributed by atoms with E-state index in [2.05, 4.69) is 21.2 Å². The maximum atomic E-state index is 13.4. The summed E-state index contributed by atoms with van der Waals surface area (Å²) in [5, 5.41) is 2.93. The summed E-state index contributed by atoms with van der Waals surface area (Å²) in [7, 11) is -4.17. The van der Waals surface area contributed by atoms with Crippen LogP contribution < -0.4 is 11.1 Å². The molecule has 1 atom stereocenters. The number of carbonyl (C=O) groups excluding carboxylic acids is 2. The van der Waals surface area contributed by atoms with Gasteiger partial charge in [0.2, 0.25) is 10.0 Å². The Morgan fingerprint density at radius 3 is 2.35 bits per heavy atom. The molecule has 1 saturated heterocycles. The number of carbonyl (C=O) groups is 2. The molecule has 8 nitrogen and oxygen atoms in total. The molecule has 0 radical (unpaired) electrons. The molecule has 1 heterocycles. The molecule has 2 aromatic carbocycles. The predicted molar refractivity (Wildman–Crippen MR) is 128 cm³/mol. The van der Waals surface area contributed by atoms with Crippen molar-refractivity contribution in [2.24, 2.45) is 5.73 Å². The fraction of sp³-hybridized carbons (Fsp3) is 0.391. The average Bonchev–Trinajstić information content (AvgIpc) is 3.27. The number of nitrogens with two attached hydrogens (primary N) is 1. The van der Waals surface area contributed by atoms with Gasteiger partial charge in [-0.2, -0.15) is 4.31 Å². The van der Waals surface area contributed by atoms with Gasteiger partial charge in [0.1, 0.15) is 5.82 Å². The molecule has 34 heavy (non-hydrogen) atoms. The van der Waals surface area contributed by atoms with E-state index in [9.17, 15) is 22.4 Å². The number of rotatable bonds is 5. The number of benzene rings is 2. The monoisotopic (exact) mass is 552 g/mol. The summed E-state index contributed by atoms with van der Waals surface area (Å²) in [6, 6.07) is 11.0. The van der Waals surface area contributed by atoms with Gasteiger partial charge in [0.05, 0.1) is 4.90 Å². The number of hydrogen-bond donors (Lipinski definition) is 2. The van der Waals surface area contributed by atoms with Gasteiger partial charge in [-0.15, -0.1) is 0 Å². The van der Waals surface area contributed by atoms with Crippen LogP contribution in [0.1, 0.15) is 36.0 Å². The van der Waals surface area contributed by atoms with Crippen LogP contribution in [0.25, 0.3) is 0 Å². The van der Waals surface area contributed by atoms with E-state index in [1.54, 1.807) is 24.3 Å². The van der Waals surface area contributed by atoms with Gasteiger partial charge in [-0.1, -0.05) is 22.0 Å². The SMILES string of the molecule is NC1CCC(NC(=O)C2N(C(=O)c3cccc(Br)c3)CCN2S(=O)(=O)c2ccc(F)cc2)CC1. The van der Waals surface area contributed by atoms with Crippen molar-refractivity contribution in [2.75, 3.05) is 13.1 Å². The molecule has 2 amide bonds. The minimum Gasteiger partial charge on any atom is -0.350 e. The topological polar surface area (TPSA) is 113 Å². The highest BCUT2D eigenvalue weighted by Crippen LogP contribution is 2.27. The molecule has 0 bridgehead atoms. The summed E-state index contributed by atoms with van der Waals surface area (Å²) < 4.78 is 41.9. The molecule has 1 aliphatic carbocycles. The largest absolute Gasteiger partial charge is 0.350 e. The third kappa shape index (κ3) is 5.17. The van der Waals surface area contributed by atoms with Crippen LogP contribution in [-0.4, -0.2) is 60.8 Å². The first kappa shape index (κ1) is 24.8. The van der Waals surface area contributed by atoms with Crippen LogP contribution in [0.15, 0.2) is 57.9 Å². The molecule has 2 fully saturated rings. The van der Waals surface area contributed by atoms with E-state index in [-0.39, 0.29) is 30.1 Å². The van der Waals surface area contributed by atoms with E-state index in [0.29, 0.717) is 22.9 Å². The highest BCUT2D eigenvalue weighted by Gasteiger charge is 2.47. The van der Waals surface area contributed by atoms with Crippen LogP contribution in [0.3, 0.4) is 0 Å². The highest BCUT2D eigenvalue weighted by atomic mass is 79.9. The van der Waals surface area contributed by atoms with Gasteiger partial charge in [0.25, 0.3) is 11.8 Å². The molecule has 4 rings (SSSR count). The van der Waals surface area contributed by atoms with Crippen molar-refractivity contribution >= 4 is 37.8 Å². The van der Waals surface area contributed by atoms with E-state index < -0.39 is 33.8 Å². The van der Waals surface area contributed by atoms with E-state index in [4.69, 9.17) is 5.73 Å². The molecular formula is C23H26BrFN4O4S. The van der Waals surface area contributed by atoms with Crippen molar-refractivity contribution in [3.05, 3.63) is 64.4 Å². The van der Waals surface area contributed by atoms with Crippen molar-refractivity contribution < 1.29 is 22.4 Å². The summed E-state index contributed by atoms with van der Waals surface area (Å²) in [6.45, 7) is -0.0214. The van der Waals surface area contributed by atoms with E-state index in [0.717, 1.165) is 41.4 Å². The first-order valence-electron chi connectivity index (χ1n) is 11.1. The lowest BCUT2D eigenvalue weighted by Gasteiger charge is -2.32. The molecule has 2 aliphatic rings. The lowest BCUT2D eigenvalue weighted by molar-refractivity contribution is -0.128. The van der Waals surface area contributed by atoms with Gasteiger partial charge < -0.3 is 16.0 Å². The minimum absolute atomic E-state index is 0.0411. The number of halogens is 2. The standard InChI is InChI=1S/C23H26BrFN4O4S/c24-16-3-1-2-15(14-16)23(31)28-12-13-29(34(32,33)20-10-4-17(25)5-11-20)22(28)21(30)27-19-8-6-18(26)7-9-19/h1-5,10-11,14,18-19,22H,6-9,12-13,26H2,(H,27,30). The van der Waals surface area contributed by atoms with Crippen LogP contribution in [0.2, 0.25) is 0 Å². The summed E-state index contributed by atoms with van der Waals surface area (Å²) in [6.07, 6.45) is 1.52. The summed E-state index contributed by atoms with van der Waals surface area (Å²) in [5.74, 6) is -1.59. The normalized spacial score (nSPS) is 23.6. The van der Waals surface area contributed by atoms with E-state index in [1.165, 1.54) is 4.90 Å². The minimum atomic E-state index is -4.17. The molecule has 1 saturated carbocycles. The Morgan fingerprint density at radius 1 is 1.03 bits per heavy atom. The van der Waals surface area contributed by atoms with Crippen LogP contribution in [0, 0.1) is 5.82 Å². The Labute approximate surface area is 206 Å². The second kappa shape index (κ2) is 10.1. The van der Waals surface area contributed by atoms with Crippen molar-refractivity contribution in [1.82, 2.24) is 14.5 Å². The number of amides is 2. The number of sulfonamides is 1. The predicted octanol–water partition coefficient (Wildman–Crippen LogP) is 2.45. The van der Waals surface area contributed by atoms with Gasteiger partial charge in [-0.05, 0) is 68.1 Å². The second-order valence-corrected chi connectivity index (χ2v) is 11.4. The van der Waals surface area contributed by atoms with Gasteiger partial charge in [-0.3, -0.25) is 9.59 Å². The molecule has 182 valence electrons. The molecular weight excluding hydrogens is 527 g/mol. The summed E-state index contributed by atoms with van der Waals surface area (Å²) >= 11 is 3.34. The molecule has 2 aromatic rings. The third-order valence-corrected chi connectivity index (χ3v) is 8.60.